The Labute approximate surface area is 165 Å². The van der Waals surface area contributed by atoms with Crippen molar-refractivity contribution in [2.24, 2.45) is 0 Å². The molecule has 6 nitrogen and oxygen atoms in total. The number of hydrogen-bond donors (Lipinski definition) is 1. The number of ether oxygens (including phenoxy) is 3. The molecule has 4 rings (SSSR count). The van der Waals surface area contributed by atoms with Gasteiger partial charge in [-0.2, -0.15) is 0 Å². The van der Waals surface area contributed by atoms with Gasteiger partial charge in [0.2, 0.25) is 9.84 Å². The summed E-state index contributed by atoms with van der Waals surface area (Å²) in [4.78, 5) is 0.348. The monoisotopic (exact) mass is 403 g/mol. The summed E-state index contributed by atoms with van der Waals surface area (Å²) in [6.45, 7) is 5.51. The smallest absolute Gasteiger partial charge is 0.207 e. The lowest BCUT2D eigenvalue weighted by atomic mass is 9.90. The molecule has 28 heavy (non-hydrogen) atoms. The number of sulfone groups is 1. The summed E-state index contributed by atoms with van der Waals surface area (Å²) in [5, 5.41) is 3.33. The first-order valence-electron chi connectivity index (χ1n) is 9.50. The van der Waals surface area contributed by atoms with E-state index in [1.807, 2.05) is 19.9 Å². The number of piperidine rings is 1. The van der Waals surface area contributed by atoms with E-state index in [-0.39, 0.29) is 22.0 Å². The zero-order chi connectivity index (χ0) is 19.9. The van der Waals surface area contributed by atoms with E-state index in [9.17, 15) is 8.42 Å². The molecule has 2 aromatic carbocycles. The van der Waals surface area contributed by atoms with E-state index in [1.54, 1.807) is 18.2 Å². The molecule has 0 radical (unpaired) electrons. The molecule has 0 spiro atoms. The maximum absolute atomic E-state index is 13.3. The third-order valence-corrected chi connectivity index (χ3v) is 6.90. The molecule has 0 amide bonds. The van der Waals surface area contributed by atoms with Gasteiger partial charge >= 0.3 is 0 Å². The van der Waals surface area contributed by atoms with Gasteiger partial charge in [-0.25, -0.2) is 8.42 Å². The van der Waals surface area contributed by atoms with Crippen LogP contribution in [0.1, 0.15) is 31.7 Å². The number of benzene rings is 2. The van der Waals surface area contributed by atoms with E-state index >= 15 is 0 Å². The zero-order valence-corrected chi connectivity index (χ0v) is 17.1. The molecule has 0 bridgehead atoms. The molecule has 2 aromatic rings. The van der Waals surface area contributed by atoms with Crippen LogP contribution in [0.5, 0.6) is 17.2 Å². The molecule has 0 aliphatic carbocycles. The molecular formula is C21H25NO5S. The van der Waals surface area contributed by atoms with Crippen LogP contribution in [0.25, 0.3) is 0 Å². The second-order valence-electron chi connectivity index (χ2n) is 7.47. The molecule has 0 unspecified atom stereocenters. The summed E-state index contributed by atoms with van der Waals surface area (Å²) in [6.07, 6.45) is 0.993. The van der Waals surface area contributed by atoms with Crippen molar-refractivity contribution in [3.63, 3.8) is 0 Å². The van der Waals surface area contributed by atoms with E-state index in [1.165, 1.54) is 19.2 Å². The van der Waals surface area contributed by atoms with Crippen LogP contribution in [0, 0.1) is 0 Å². The van der Waals surface area contributed by atoms with Crippen LogP contribution in [0.15, 0.2) is 46.2 Å². The first kappa shape index (κ1) is 19.1. The first-order valence-corrected chi connectivity index (χ1v) is 11.0. The van der Waals surface area contributed by atoms with Gasteiger partial charge in [-0.1, -0.05) is 6.07 Å². The summed E-state index contributed by atoms with van der Waals surface area (Å²) in [5.41, 5.74) is 1.10. The predicted molar refractivity (Wildman–Crippen MR) is 105 cm³/mol. The third kappa shape index (κ3) is 3.44. The van der Waals surface area contributed by atoms with Gasteiger partial charge in [0.15, 0.2) is 0 Å². The Morgan fingerprint density at radius 2 is 1.89 bits per heavy atom. The normalized spacial score (nSPS) is 21.0. The highest BCUT2D eigenvalue weighted by molar-refractivity contribution is 7.91. The van der Waals surface area contributed by atoms with E-state index in [0.29, 0.717) is 23.2 Å². The van der Waals surface area contributed by atoms with Crippen LogP contribution in [-0.2, 0) is 9.84 Å². The summed E-state index contributed by atoms with van der Waals surface area (Å²) in [5.74, 6) is 1.89. The van der Waals surface area contributed by atoms with Crippen LogP contribution in [0.4, 0.5) is 0 Å². The number of methoxy groups -OCH3 is 1. The molecule has 1 fully saturated rings. The maximum Gasteiger partial charge on any atom is 0.207 e. The lowest BCUT2D eigenvalue weighted by Gasteiger charge is -2.24. The highest BCUT2D eigenvalue weighted by Crippen LogP contribution is 2.43. The van der Waals surface area contributed by atoms with Gasteiger partial charge in [0.05, 0.1) is 23.0 Å². The van der Waals surface area contributed by atoms with Gasteiger partial charge < -0.3 is 19.5 Å². The molecule has 2 heterocycles. The molecule has 2 atom stereocenters. The summed E-state index contributed by atoms with van der Waals surface area (Å²) >= 11 is 0. The van der Waals surface area contributed by atoms with Crippen LogP contribution < -0.4 is 19.5 Å². The van der Waals surface area contributed by atoms with Crippen molar-refractivity contribution < 1.29 is 22.6 Å². The second-order valence-corrected chi connectivity index (χ2v) is 9.42. The molecule has 0 aromatic heterocycles. The maximum atomic E-state index is 13.3. The zero-order valence-electron chi connectivity index (χ0n) is 16.3. The van der Waals surface area contributed by atoms with Crippen LogP contribution in [0.2, 0.25) is 0 Å². The molecule has 150 valence electrons. The second kappa shape index (κ2) is 7.29. The summed E-state index contributed by atoms with van der Waals surface area (Å²) < 4.78 is 43.5. The Morgan fingerprint density at radius 3 is 2.64 bits per heavy atom. The molecule has 7 heteroatoms. The Morgan fingerprint density at radius 1 is 1.11 bits per heavy atom. The van der Waals surface area contributed by atoms with Crippen molar-refractivity contribution in [1.29, 1.82) is 0 Å². The first-order chi connectivity index (χ1) is 13.4. The van der Waals surface area contributed by atoms with Crippen molar-refractivity contribution in [2.75, 3.05) is 20.2 Å². The fraction of sp³-hybridized carbons (Fsp3) is 0.429. The van der Waals surface area contributed by atoms with Crippen molar-refractivity contribution in [3.05, 3.63) is 42.0 Å². The number of hydrogen-bond acceptors (Lipinski definition) is 6. The van der Waals surface area contributed by atoms with Gasteiger partial charge in [-0.15, -0.1) is 0 Å². The molecule has 1 saturated heterocycles. The molecule has 2 aliphatic heterocycles. The van der Waals surface area contributed by atoms with E-state index in [4.69, 9.17) is 14.2 Å². The molecule has 2 aliphatic rings. The van der Waals surface area contributed by atoms with Crippen molar-refractivity contribution in [3.8, 4) is 17.2 Å². The third-order valence-electron chi connectivity index (χ3n) is 5.17. The summed E-state index contributed by atoms with van der Waals surface area (Å²) in [7, 11) is -2.24. The van der Waals surface area contributed by atoms with Crippen LogP contribution >= 0.6 is 0 Å². The van der Waals surface area contributed by atoms with Gasteiger partial charge in [0, 0.05) is 24.1 Å². The standard InChI is InChI=1S/C21H25NO5S/c1-13(2)26-15-8-14(25-3)9-17(10-15)28(23,24)16-4-5-18-19-6-7-22-12-21(19)27-20(18)11-16/h4-5,8-11,13,19,21-22H,6-7,12H2,1-3H3/t19-,21-/m1/s1. The van der Waals surface area contributed by atoms with Crippen molar-refractivity contribution in [2.45, 2.75) is 48.2 Å². The minimum atomic E-state index is -3.74. The average molecular weight is 404 g/mol. The van der Waals surface area contributed by atoms with Crippen LogP contribution in [-0.4, -0.2) is 40.8 Å². The number of nitrogens with one attached hydrogen (secondary N) is 1. The van der Waals surface area contributed by atoms with Crippen molar-refractivity contribution >= 4 is 9.84 Å². The van der Waals surface area contributed by atoms with Crippen LogP contribution in [0.3, 0.4) is 0 Å². The highest BCUT2D eigenvalue weighted by atomic mass is 32.2. The van der Waals surface area contributed by atoms with Gasteiger partial charge in [0.1, 0.15) is 23.4 Å². The van der Waals surface area contributed by atoms with E-state index in [0.717, 1.165) is 25.1 Å². The van der Waals surface area contributed by atoms with E-state index < -0.39 is 9.84 Å². The minimum Gasteiger partial charge on any atom is -0.497 e. The quantitative estimate of drug-likeness (QED) is 0.827. The van der Waals surface area contributed by atoms with E-state index in [2.05, 4.69) is 5.32 Å². The Hall–Kier alpha value is -2.25. The molecular weight excluding hydrogens is 378 g/mol. The summed E-state index contributed by atoms with van der Waals surface area (Å²) in [6, 6.07) is 9.94. The lowest BCUT2D eigenvalue weighted by Crippen LogP contribution is -2.39. The number of rotatable bonds is 5. The largest absolute Gasteiger partial charge is 0.497 e. The minimum absolute atomic E-state index is 0.0737. The topological polar surface area (TPSA) is 73.9 Å². The Kier molecular flexibility index (Phi) is 4.97. The molecule has 1 N–H and O–H groups in total. The van der Waals surface area contributed by atoms with Gasteiger partial charge in [0.25, 0.3) is 0 Å². The van der Waals surface area contributed by atoms with Gasteiger partial charge in [-0.3, -0.25) is 0 Å². The average Bonchev–Trinajstić information content (AvgIpc) is 3.05. The Balaban J connectivity index is 1.72. The number of fused-ring (bicyclic) bond motifs is 3. The van der Waals surface area contributed by atoms with Crippen molar-refractivity contribution in [1.82, 2.24) is 5.32 Å². The molecule has 0 saturated carbocycles. The fourth-order valence-corrected chi connectivity index (χ4v) is 5.18. The Bertz CT molecular complexity index is 986. The lowest BCUT2D eigenvalue weighted by molar-refractivity contribution is 0.176. The van der Waals surface area contributed by atoms with Gasteiger partial charge in [-0.05, 0) is 51.1 Å². The highest BCUT2D eigenvalue weighted by Gasteiger charge is 2.37. The fourth-order valence-electron chi connectivity index (χ4n) is 3.86. The SMILES string of the molecule is COc1cc(OC(C)C)cc(S(=O)(=O)c2ccc3c(c2)O[C@@H]2CNCC[C@H]32)c1. The predicted octanol–water partition coefficient (Wildman–Crippen LogP) is 3.15.